The lowest BCUT2D eigenvalue weighted by molar-refractivity contribution is -0.142. The summed E-state index contributed by atoms with van der Waals surface area (Å²) in [5.74, 6) is -0.634. The van der Waals surface area contributed by atoms with Crippen LogP contribution in [0.15, 0.2) is 30.5 Å². The molecule has 1 aromatic carbocycles. The highest BCUT2D eigenvalue weighted by atomic mass is 16.6. The molecule has 7 nitrogen and oxygen atoms in total. The number of carbonyl (C=O) groups excluding carboxylic acids is 1. The third-order valence-electron chi connectivity index (χ3n) is 4.41. The summed E-state index contributed by atoms with van der Waals surface area (Å²) in [5, 5.41) is 11.4. The molecule has 1 aliphatic rings. The van der Waals surface area contributed by atoms with Crippen molar-refractivity contribution in [2.24, 2.45) is 0 Å². The maximum absolute atomic E-state index is 12.4. The molecule has 1 amide bonds. The van der Waals surface area contributed by atoms with Gasteiger partial charge in [-0.05, 0) is 44.7 Å². The summed E-state index contributed by atoms with van der Waals surface area (Å²) >= 11 is 0. The number of ether oxygens (including phenoxy) is 2. The maximum atomic E-state index is 12.4. The van der Waals surface area contributed by atoms with E-state index in [1.165, 1.54) is 4.90 Å². The Kier molecular flexibility index (Phi) is 4.95. The Hall–Kier alpha value is -2.83. The fourth-order valence-corrected chi connectivity index (χ4v) is 3.20. The van der Waals surface area contributed by atoms with Gasteiger partial charge in [-0.2, -0.15) is 0 Å². The van der Waals surface area contributed by atoms with Gasteiger partial charge in [-0.25, -0.2) is 14.6 Å². The maximum Gasteiger partial charge on any atom is 0.411 e. The van der Waals surface area contributed by atoms with Crippen LogP contribution in [0.2, 0.25) is 0 Å². The van der Waals surface area contributed by atoms with Crippen LogP contribution in [0, 0.1) is 6.92 Å². The standard InChI is InChI=1S/C20H24N2O5/c1-12-10-21-17(15-8-6-5-7-14(12)15)26-13-9-16(18(23)24)22(11-13)19(25)27-20(2,3)4/h5-8,10,13,16H,9,11H2,1-4H3,(H,23,24)/t13-,16+/m1/s1. The SMILES string of the molecule is Cc1cnc(O[C@@H]2C[C@@H](C(=O)O)N(C(=O)OC(C)(C)C)C2)c2ccccc12. The van der Waals surface area contributed by atoms with Crippen LogP contribution >= 0.6 is 0 Å². The summed E-state index contributed by atoms with van der Waals surface area (Å²) in [6.07, 6.45) is 0.783. The third kappa shape index (κ3) is 4.13. The minimum atomic E-state index is -1.08. The molecule has 2 heterocycles. The lowest BCUT2D eigenvalue weighted by atomic mass is 10.1. The van der Waals surface area contributed by atoms with E-state index in [1.54, 1.807) is 27.0 Å². The highest BCUT2D eigenvalue weighted by Crippen LogP contribution is 2.30. The predicted octanol–water partition coefficient (Wildman–Crippen LogP) is 3.38. The zero-order valence-electron chi connectivity index (χ0n) is 15.9. The van der Waals surface area contributed by atoms with E-state index in [2.05, 4.69) is 4.98 Å². The summed E-state index contributed by atoms with van der Waals surface area (Å²) in [6, 6.07) is 6.76. The largest absolute Gasteiger partial charge is 0.480 e. The molecular formula is C20H24N2O5. The number of carboxylic acid groups (broad SMARTS) is 1. The van der Waals surface area contributed by atoms with E-state index >= 15 is 0 Å². The van der Waals surface area contributed by atoms with E-state index in [0.29, 0.717) is 5.88 Å². The topological polar surface area (TPSA) is 89.0 Å². The third-order valence-corrected chi connectivity index (χ3v) is 4.41. The first kappa shape index (κ1) is 18.9. The number of hydrogen-bond donors (Lipinski definition) is 1. The van der Waals surface area contributed by atoms with E-state index in [-0.39, 0.29) is 13.0 Å². The molecule has 0 bridgehead atoms. The second-order valence-corrected chi connectivity index (χ2v) is 7.75. The van der Waals surface area contributed by atoms with Crippen molar-refractivity contribution in [1.29, 1.82) is 0 Å². The molecular weight excluding hydrogens is 348 g/mol. The average Bonchev–Trinajstić information content (AvgIpc) is 3.01. The second-order valence-electron chi connectivity index (χ2n) is 7.75. The number of hydrogen-bond acceptors (Lipinski definition) is 5. The first-order valence-electron chi connectivity index (χ1n) is 8.89. The van der Waals surface area contributed by atoms with Crippen LogP contribution in [-0.4, -0.2) is 51.3 Å². The van der Waals surface area contributed by atoms with E-state index in [1.807, 2.05) is 31.2 Å². The van der Waals surface area contributed by atoms with Gasteiger partial charge in [0.05, 0.1) is 6.54 Å². The number of benzene rings is 1. The summed E-state index contributed by atoms with van der Waals surface area (Å²) in [6.45, 7) is 7.34. The van der Waals surface area contributed by atoms with Crippen LogP contribution in [-0.2, 0) is 9.53 Å². The molecule has 0 radical (unpaired) electrons. The molecule has 2 aromatic rings. The number of likely N-dealkylation sites (tertiary alicyclic amines) is 1. The minimum absolute atomic E-state index is 0.135. The highest BCUT2D eigenvalue weighted by Gasteiger charge is 2.43. The first-order chi connectivity index (χ1) is 12.7. The average molecular weight is 372 g/mol. The fraction of sp³-hybridized carbons (Fsp3) is 0.450. The number of fused-ring (bicyclic) bond motifs is 1. The minimum Gasteiger partial charge on any atom is -0.480 e. The van der Waals surface area contributed by atoms with Gasteiger partial charge in [0.25, 0.3) is 0 Å². The van der Waals surface area contributed by atoms with Crippen LogP contribution in [0.4, 0.5) is 4.79 Å². The molecule has 144 valence electrons. The zero-order chi connectivity index (χ0) is 19.8. The smallest absolute Gasteiger partial charge is 0.411 e. The molecule has 0 spiro atoms. The van der Waals surface area contributed by atoms with Gasteiger partial charge in [0, 0.05) is 18.0 Å². The van der Waals surface area contributed by atoms with Crippen molar-refractivity contribution in [3.8, 4) is 5.88 Å². The predicted molar refractivity (Wildman–Crippen MR) is 99.9 cm³/mol. The molecule has 1 aliphatic heterocycles. The van der Waals surface area contributed by atoms with Crippen LogP contribution in [0.3, 0.4) is 0 Å². The van der Waals surface area contributed by atoms with E-state index < -0.39 is 29.8 Å². The van der Waals surface area contributed by atoms with E-state index in [0.717, 1.165) is 16.3 Å². The van der Waals surface area contributed by atoms with Gasteiger partial charge in [-0.1, -0.05) is 18.2 Å². The molecule has 27 heavy (non-hydrogen) atoms. The van der Waals surface area contributed by atoms with Crippen LogP contribution in [0.5, 0.6) is 5.88 Å². The Morgan fingerprint density at radius 3 is 2.52 bits per heavy atom. The summed E-state index contributed by atoms with van der Waals surface area (Å²) in [4.78, 5) is 29.6. The monoisotopic (exact) mass is 372 g/mol. The number of carboxylic acids is 1. The Labute approximate surface area is 157 Å². The molecule has 0 saturated carbocycles. The highest BCUT2D eigenvalue weighted by molar-refractivity contribution is 5.89. The Balaban J connectivity index is 1.82. The van der Waals surface area contributed by atoms with Gasteiger partial charge in [0.1, 0.15) is 17.7 Å². The number of pyridine rings is 1. The number of carbonyl (C=O) groups is 2. The van der Waals surface area contributed by atoms with E-state index in [9.17, 15) is 14.7 Å². The molecule has 1 saturated heterocycles. The fourth-order valence-electron chi connectivity index (χ4n) is 3.20. The Morgan fingerprint density at radius 1 is 1.22 bits per heavy atom. The van der Waals surface area contributed by atoms with Gasteiger partial charge < -0.3 is 14.6 Å². The van der Waals surface area contributed by atoms with Gasteiger partial charge in [-0.15, -0.1) is 0 Å². The summed E-state index contributed by atoms with van der Waals surface area (Å²) in [5.41, 5.74) is 0.330. The van der Waals surface area contributed by atoms with Gasteiger partial charge in [0.2, 0.25) is 5.88 Å². The van der Waals surface area contributed by atoms with Gasteiger partial charge in [-0.3, -0.25) is 4.90 Å². The van der Waals surface area contributed by atoms with Crippen molar-refractivity contribution in [3.63, 3.8) is 0 Å². The van der Waals surface area contributed by atoms with Crippen molar-refractivity contribution in [2.75, 3.05) is 6.54 Å². The zero-order valence-corrected chi connectivity index (χ0v) is 15.9. The molecule has 1 N–H and O–H groups in total. The first-order valence-corrected chi connectivity index (χ1v) is 8.89. The second kappa shape index (κ2) is 7.06. The van der Waals surface area contributed by atoms with Crippen molar-refractivity contribution >= 4 is 22.8 Å². The number of aromatic nitrogens is 1. The van der Waals surface area contributed by atoms with Crippen LogP contribution in [0.1, 0.15) is 32.8 Å². The number of aryl methyl sites for hydroxylation is 1. The Morgan fingerprint density at radius 2 is 1.89 bits per heavy atom. The van der Waals surface area contributed by atoms with Crippen molar-refractivity contribution in [2.45, 2.75) is 51.9 Å². The number of nitrogens with zero attached hydrogens (tertiary/aromatic N) is 2. The molecule has 0 unspecified atom stereocenters. The molecule has 3 rings (SSSR count). The van der Waals surface area contributed by atoms with E-state index in [4.69, 9.17) is 9.47 Å². The van der Waals surface area contributed by atoms with Crippen molar-refractivity contribution in [3.05, 3.63) is 36.0 Å². The molecule has 1 aromatic heterocycles. The summed E-state index contributed by atoms with van der Waals surface area (Å²) in [7, 11) is 0. The normalized spacial score (nSPS) is 19.9. The lowest BCUT2D eigenvalue weighted by Gasteiger charge is -2.26. The number of aliphatic carboxylic acids is 1. The molecule has 7 heteroatoms. The van der Waals surface area contributed by atoms with Crippen molar-refractivity contribution in [1.82, 2.24) is 9.88 Å². The quantitative estimate of drug-likeness (QED) is 0.888. The molecule has 2 atom stereocenters. The molecule has 0 aliphatic carbocycles. The molecule has 1 fully saturated rings. The summed E-state index contributed by atoms with van der Waals surface area (Å²) < 4.78 is 11.3. The Bertz CT molecular complexity index is 874. The number of rotatable bonds is 3. The van der Waals surface area contributed by atoms with Gasteiger partial charge in [0.15, 0.2) is 0 Å². The number of amides is 1. The lowest BCUT2D eigenvalue weighted by Crippen LogP contribution is -2.43. The van der Waals surface area contributed by atoms with Gasteiger partial charge >= 0.3 is 12.1 Å². The van der Waals surface area contributed by atoms with Crippen LogP contribution < -0.4 is 4.74 Å². The van der Waals surface area contributed by atoms with Crippen LogP contribution in [0.25, 0.3) is 10.8 Å². The van der Waals surface area contributed by atoms with Crippen molar-refractivity contribution < 1.29 is 24.2 Å².